The number of hydrogen-bond donors (Lipinski definition) is 0. The lowest BCUT2D eigenvalue weighted by molar-refractivity contribution is -0.140. The minimum atomic E-state index is -0.116. The van der Waals surface area contributed by atoms with E-state index in [9.17, 15) is 9.59 Å². The lowest BCUT2D eigenvalue weighted by Crippen LogP contribution is -2.53. The van der Waals surface area contributed by atoms with E-state index >= 15 is 0 Å². The predicted octanol–water partition coefficient (Wildman–Crippen LogP) is 1.56. The zero-order valence-electron chi connectivity index (χ0n) is 18.9. The van der Waals surface area contributed by atoms with Crippen LogP contribution in [0.2, 0.25) is 0 Å². The van der Waals surface area contributed by atoms with Gasteiger partial charge in [0.25, 0.3) is 5.78 Å². The summed E-state index contributed by atoms with van der Waals surface area (Å²) in [7, 11) is 0. The molecular formula is C24H29N7O2. The molecule has 9 heteroatoms. The van der Waals surface area contributed by atoms with Crippen molar-refractivity contribution in [3.63, 3.8) is 0 Å². The maximum Gasteiger partial charge on any atom is 0.254 e. The number of aromatic nitrogens is 4. The molecule has 0 aliphatic carbocycles. The molecule has 1 aromatic carbocycles. The summed E-state index contributed by atoms with van der Waals surface area (Å²) >= 11 is 0. The number of fused-ring (bicyclic) bond motifs is 1. The summed E-state index contributed by atoms with van der Waals surface area (Å²) in [5.41, 5.74) is 1.91. The molecule has 2 fully saturated rings. The van der Waals surface area contributed by atoms with Crippen molar-refractivity contribution in [1.29, 1.82) is 0 Å². The molecule has 0 spiro atoms. The largest absolute Gasteiger partial charge is 0.353 e. The van der Waals surface area contributed by atoms with E-state index in [2.05, 4.69) is 20.0 Å². The van der Waals surface area contributed by atoms with Gasteiger partial charge in [-0.05, 0) is 25.3 Å². The Balaban J connectivity index is 1.19. The van der Waals surface area contributed by atoms with Gasteiger partial charge in [0.2, 0.25) is 11.8 Å². The SMILES string of the molecule is Cc1cc(N2CCN(C(=O)C3CCCN(C(=O)Cc4ccccc4)C3)CC2)n2ncnc2n1. The van der Waals surface area contributed by atoms with Gasteiger partial charge >= 0.3 is 0 Å². The fourth-order valence-corrected chi connectivity index (χ4v) is 4.84. The molecular weight excluding hydrogens is 418 g/mol. The van der Waals surface area contributed by atoms with Crippen molar-refractivity contribution in [1.82, 2.24) is 29.4 Å². The van der Waals surface area contributed by atoms with Gasteiger partial charge in [0.15, 0.2) is 0 Å². The number of rotatable bonds is 4. The van der Waals surface area contributed by atoms with Crippen molar-refractivity contribution >= 4 is 23.4 Å². The quantitative estimate of drug-likeness (QED) is 0.603. The van der Waals surface area contributed by atoms with Gasteiger partial charge in [-0.25, -0.2) is 4.98 Å². The molecule has 0 radical (unpaired) electrons. The van der Waals surface area contributed by atoms with Crippen LogP contribution in [0.1, 0.15) is 24.1 Å². The van der Waals surface area contributed by atoms with Crippen LogP contribution in [-0.4, -0.2) is 80.5 Å². The van der Waals surface area contributed by atoms with Crippen molar-refractivity contribution in [2.24, 2.45) is 5.92 Å². The number of nitrogens with zero attached hydrogens (tertiary/aromatic N) is 7. The summed E-state index contributed by atoms with van der Waals surface area (Å²) < 4.78 is 1.75. The number of carbonyl (C=O) groups is 2. The smallest absolute Gasteiger partial charge is 0.254 e. The fourth-order valence-electron chi connectivity index (χ4n) is 4.84. The van der Waals surface area contributed by atoms with Crippen LogP contribution < -0.4 is 4.90 Å². The number of piperazine rings is 1. The monoisotopic (exact) mass is 447 g/mol. The highest BCUT2D eigenvalue weighted by Crippen LogP contribution is 2.23. The Morgan fingerprint density at radius 2 is 1.82 bits per heavy atom. The van der Waals surface area contributed by atoms with Crippen LogP contribution in [0.4, 0.5) is 5.82 Å². The van der Waals surface area contributed by atoms with Crippen molar-refractivity contribution < 1.29 is 9.59 Å². The normalized spacial score (nSPS) is 19.2. The molecule has 1 atom stereocenters. The minimum Gasteiger partial charge on any atom is -0.353 e. The first kappa shape index (κ1) is 21.4. The van der Waals surface area contributed by atoms with Crippen LogP contribution in [0, 0.1) is 12.8 Å². The highest BCUT2D eigenvalue weighted by Gasteiger charge is 2.33. The number of hydrogen-bond acceptors (Lipinski definition) is 6. The number of anilines is 1. The maximum atomic E-state index is 13.3. The van der Waals surface area contributed by atoms with Crippen LogP contribution in [0.15, 0.2) is 42.7 Å². The number of piperidine rings is 1. The van der Waals surface area contributed by atoms with E-state index in [0.29, 0.717) is 31.8 Å². The van der Waals surface area contributed by atoms with Gasteiger partial charge in [0.1, 0.15) is 12.1 Å². The van der Waals surface area contributed by atoms with Crippen LogP contribution >= 0.6 is 0 Å². The van der Waals surface area contributed by atoms with Gasteiger partial charge in [0.05, 0.1) is 12.3 Å². The molecule has 172 valence electrons. The Morgan fingerprint density at radius 3 is 2.61 bits per heavy atom. The number of benzene rings is 1. The Labute approximate surface area is 193 Å². The molecule has 9 nitrogen and oxygen atoms in total. The Hall–Kier alpha value is -3.49. The molecule has 3 aromatic rings. The van der Waals surface area contributed by atoms with Crippen LogP contribution in [0.25, 0.3) is 5.78 Å². The highest BCUT2D eigenvalue weighted by molar-refractivity contribution is 5.82. The Morgan fingerprint density at radius 1 is 1.03 bits per heavy atom. The molecule has 4 heterocycles. The lowest BCUT2D eigenvalue weighted by Gasteiger charge is -2.39. The van der Waals surface area contributed by atoms with E-state index in [1.54, 1.807) is 4.52 Å². The third-order valence-corrected chi connectivity index (χ3v) is 6.60. The molecule has 0 saturated carbocycles. The van der Waals surface area contributed by atoms with E-state index in [0.717, 1.165) is 49.6 Å². The summed E-state index contributed by atoms with van der Waals surface area (Å²) in [6.45, 7) is 5.98. The number of amides is 2. The van der Waals surface area contributed by atoms with Gasteiger partial charge in [0, 0.05) is 51.0 Å². The number of aryl methyl sites for hydroxylation is 1. The van der Waals surface area contributed by atoms with E-state index in [1.807, 2.05) is 53.1 Å². The van der Waals surface area contributed by atoms with Crippen LogP contribution in [0.5, 0.6) is 0 Å². The molecule has 2 aliphatic rings. The molecule has 2 aliphatic heterocycles. The molecule has 0 bridgehead atoms. The summed E-state index contributed by atoms with van der Waals surface area (Å²) in [4.78, 5) is 40.8. The van der Waals surface area contributed by atoms with Gasteiger partial charge in [-0.15, -0.1) is 0 Å². The maximum absolute atomic E-state index is 13.3. The third-order valence-electron chi connectivity index (χ3n) is 6.60. The molecule has 5 rings (SSSR count). The highest BCUT2D eigenvalue weighted by atomic mass is 16.2. The molecule has 1 unspecified atom stereocenters. The zero-order valence-corrected chi connectivity index (χ0v) is 18.9. The minimum absolute atomic E-state index is 0.105. The van der Waals surface area contributed by atoms with Crippen LogP contribution in [-0.2, 0) is 16.0 Å². The molecule has 0 N–H and O–H groups in total. The van der Waals surface area contributed by atoms with E-state index in [-0.39, 0.29) is 17.7 Å². The topological polar surface area (TPSA) is 86.9 Å². The summed E-state index contributed by atoms with van der Waals surface area (Å²) in [6.07, 6.45) is 3.62. The van der Waals surface area contributed by atoms with Crippen LogP contribution in [0.3, 0.4) is 0 Å². The summed E-state index contributed by atoms with van der Waals surface area (Å²) in [5, 5.41) is 4.30. The summed E-state index contributed by atoms with van der Waals surface area (Å²) in [5.74, 6) is 1.70. The fraction of sp³-hybridized carbons (Fsp3) is 0.458. The average Bonchev–Trinajstić information content (AvgIpc) is 3.32. The Bertz CT molecular complexity index is 1140. The second-order valence-corrected chi connectivity index (χ2v) is 8.88. The van der Waals surface area contributed by atoms with Crippen molar-refractivity contribution in [3.8, 4) is 0 Å². The van der Waals surface area contributed by atoms with Crippen molar-refractivity contribution in [2.75, 3.05) is 44.2 Å². The van der Waals surface area contributed by atoms with E-state index < -0.39 is 0 Å². The van der Waals surface area contributed by atoms with Crippen molar-refractivity contribution in [3.05, 3.63) is 54.0 Å². The second kappa shape index (κ2) is 9.17. The first-order valence-electron chi connectivity index (χ1n) is 11.6. The molecule has 2 saturated heterocycles. The van der Waals surface area contributed by atoms with Gasteiger partial charge in [-0.2, -0.15) is 14.6 Å². The Kier molecular flexibility index (Phi) is 5.93. The summed E-state index contributed by atoms with van der Waals surface area (Å²) in [6, 6.07) is 11.8. The molecule has 2 aromatic heterocycles. The molecule has 2 amide bonds. The number of likely N-dealkylation sites (tertiary alicyclic amines) is 1. The van der Waals surface area contributed by atoms with Crippen molar-refractivity contribution in [2.45, 2.75) is 26.2 Å². The average molecular weight is 448 g/mol. The first-order valence-corrected chi connectivity index (χ1v) is 11.6. The second-order valence-electron chi connectivity index (χ2n) is 8.88. The third kappa shape index (κ3) is 4.53. The predicted molar refractivity (Wildman–Crippen MR) is 124 cm³/mol. The van der Waals surface area contributed by atoms with E-state index in [4.69, 9.17) is 0 Å². The number of carbonyl (C=O) groups excluding carboxylic acids is 2. The van der Waals surface area contributed by atoms with Gasteiger partial charge in [-0.3, -0.25) is 9.59 Å². The zero-order chi connectivity index (χ0) is 22.8. The van der Waals surface area contributed by atoms with Gasteiger partial charge in [-0.1, -0.05) is 30.3 Å². The standard InChI is InChI=1S/C24H29N7O2/c1-18-14-21(31-24(27-18)25-17-26-31)28-10-12-29(13-11-28)23(33)20-8-5-9-30(16-20)22(32)15-19-6-3-2-4-7-19/h2-4,6-7,14,17,20H,5,8-13,15-16H2,1H3. The molecule has 33 heavy (non-hydrogen) atoms. The lowest BCUT2D eigenvalue weighted by atomic mass is 9.95. The van der Waals surface area contributed by atoms with Gasteiger partial charge < -0.3 is 14.7 Å². The first-order chi connectivity index (χ1) is 16.1. The van der Waals surface area contributed by atoms with E-state index in [1.165, 1.54) is 6.33 Å².